The van der Waals surface area contributed by atoms with Crippen LogP contribution < -0.4 is 10.1 Å². The summed E-state index contributed by atoms with van der Waals surface area (Å²) in [6, 6.07) is 9.07. The number of nitrogens with one attached hydrogen (secondary N) is 1. The van der Waals surface area contributed by atoms with E-state index in [1.165, 1.54) is 19.1 Å². The van der Waals surface area contributed by atoms with Gasteiger partial charge in [-0.05, 0) is 43.7 Å². The lowest BCUT2D eigenvalue weighted by Gasteiger charge is -2.10. The van der Waals surface area contributed by atoms with E-state index < -0.39 is 11.7 Å². The molecule has 4 nitrogen and oxygen atoms in total. The van der Waals surface area contributed by atoms with E-state index in [0.29, 0.717) is 10.7 Å². The predicted octanol–water partition coefficient (Wildman–Crippen LogP) is 4.01. The number of benzene rings is 2. The zero-order valence-electron chi connectivity index (χ0n) is 12.7. The van der Waals surface area contributed by atoms with Crippen molar-refractivity contribution in [3.8, 4) is 5.75 Å². The summed E-state index contributed by atoms with van der Waals surface area (Å²) in [5, 5.41) is 3.03. The van der Waals surface area contributed by atoms with Crippen molar-refractivity contribution in [3.05, 3.63) is 58.4 Å². The van der Waals surface area contributed by atoms with Crippen LogP contribution in [0.1, 0.15) is 22.8 Å². The van der Waals surface area contributed by atoms with E-state index in [4.69, 9.17) is 16.3 Å². The molecule has 0 aliphatic heterocycles. The molecular weight excluding hydrogens is 321 g/mol. The molecule has 0 unspecified atom stereocenters. The lowest BCUT2D eigenvalue weighted by molar-refractivity contribution is -0.118. The Morgan fingerprint density at radius 3 is 2.57 bits per heavy atom. The lowest BCUT2D eigenvalue weighted by atomic mass is 10.1. The van der Waals surface area contributed by atoms with Gasteiger partial charge in [0, 0.05) is 6.07 Å². The van der Waals surface area contributed by atoms with E-state index >= 15 is 0 Å². The summed E-state index contributed by atoms with van der Waals surface area (Å²) in [5.74, 6) is -1.32. The minimum absolute atomic E-state index is 0.0201. The maximum absolute atomic E-state index is 13.6. The van der Waals surface area contributed by atoms with Crippen LogP contribution in [0.2, 0.25) is 5.02 Å². The number of rotatable bonds is 5. The molecule has 0 saturated carbocycles. The van der Waals surface area contributed by atoms with Gasteiger partial charge in [-0.3, -0.25) is 9.59 Å². The van der Waals surface area contributed by atoms with Crippen molar-refractivity contribution in [2.24, 2.45) is 0 Å². The van der Waals surface area contributed by atoms with Crippen molar-refractivity contribution in [2.45, 2.75) is 13.8 Å². The molecule has 0 fully saturated rings. The zero-order valence-corrected chi connectivity index (χ0v) is 13.4. The number of aryl methyl sites for hydroxylation is 1. The molecule has 1 amide bonds. The Morgan fingerprint density at radius 2 is 1.96 bits per heavy atom. The molecule has 0 heterocycles. The van der Waals surface area contributed by atoms with Crippen molar-refractivity contribution in [1.82, 2.24) is 0 Å². The Labute approximate surface area is 138 Å². The highest BCUT2D eigenvalue weighted by atomic mass is 35.5. The van der Waals surface area contributed by atoms with Crippen molar-refractivity contribution in [3.63, 3.8) is 0 Å². The van der Waals surface area contributed by atoms with Crippen LogP contribution in [-0.4, -0.2) is 18.3 Å². The maximum atomic E-state index is 13.6. The monoisotopic (exact) mass is 335 g/mol. The summed E-state index contributed by atoms with van der Waals surface area (Å²) in [7, 11) is 0. The number of anilines is 1. The zero-order chi connectivity index (χ0) is 17.0. The molecule has 0 aliphatic rings. The molecule has 2 aromatic rings. The van der Waals surface area contributed by atoms with Crippen LogP contribution in [0.3, 0.4) is 0 Å². The highest BCUT2D eigenvalue weighted by Gasteiger charge is 2.10. The van der Waals surface area contributed by atoms with E-state index in [1.54, 1.807) is 12.1 Å². The van der Waals surface area contributed by atoms with E-state index in [9.17, 15) is 14.0 Å². The highest BCUT2D eigenvalue weighted by Crippen LogP contribution is 2.23. The van der Waals surface area contributed by atoms with Gasteiger partial charge in [0.25, 0.3) is 5.91 Å². The maximum Gasteiger partial charge on any atom is 0.262 e. The summed E-state index contributed by atoms with van der Waals surface area (Å²) in [6.07, 6.45) is 0. The van der Waals surface area contributed by atoms with E-state index in [1.807, 2.05) is 13.0 Å². The SMILES string of the molecule is CC(=O)c1ccc(OCC(=O)Nc2ccc(C)cc2Cl)cc1F. The number of ketones is 1. The van der Waals surface area contributed by atoms with Crippen molar-refractivity contribution < 1.29 is 18.7 Å². The Morgan fingerprint density at radius 1 is 1.22 bits per heavy atom. The summed E-state index contributed by atoms with van der Waals surface area (Å²) < 4.78 is 18.9. The number of carbonyl (C=O) groups excluding carboxylic acids is 2. The largest absolute Gasteiger partial charge is 0.484 e. The number of carbonyl (C=O) groups is 2. The van der Waals surface area contributed by atoms with Gasteiger partial charge in [0.15, 0.2) is 12.4 Å². The van der Waals surface area contributed by atoms with Gasteiger partial charge in [0.05, 0.1) is 16.3 Å². The third-order valence-electron chi connectivity index (χ3n) is 3.09. The Kier molecular flexibility index (Phi) is 5.34. The van der Waals surface area contributed by atoms with Crippen LogP contribution >= 0.6 is 11.6 Å². The van der Waals surface area contributed by atoms with Crippen LogP contribution in [0.4, 0.5) is 10.1 Å². The van der Waals surface area contributed by atoms with Gasteiger partial charge >= 0.3 is 0 Å². The van der Waals surface area contributed by atoms with E-state index in [0.717, 1.165) is 11.6 Å². The average Bonchev–Trinajstić information content (AvgIpc) is 2.48. The molecule has 0 spiro atoms. The first-order valence-electron chi connectivity index (χ1n) is 6.86. The van der Waals surface area contributed by atoms with Crippen molar-refractivity contribution >= 4 is 29.0 Å². The van der Waals surface area contributed by atoms with Crippen LogP contribution in [0, 0.1) is 12.7 Å². The van der Waals surface area contributed by atoms with Crippen LogP contribution in [-0.2, 0) is 4.79 Å². The molecule has 6 heteroatoms. The molecule has 1 N–H and O–H groups in total. The first kappa shape index (κ1) is 17.0. The molecule has 2 rings (SSSR count). The molecule has 2 aromatic carbocycles. The average molecular weight is 336 g/mol. The molecule has 0 aromatic heterocycles. The quantitative estimate of drug-likeness (QED) is 0.840. The third kappa shape index (κ3) is 4.53. The van der Waals surface area contributed by atoms with Crippen LogP contribution in [0.25, 0.3) is 0 Å². The Bertz CT molecular complexity index is 761. The first-order chi connectivity index (χ1) is 10.9. The van der Waals surface area contributed by atoms with Gasteiger partial charge in [-0.2, -0.15) is 0 Å². The molecular formula is C17H15ClFNO3. The molecule has 0 atom stereocenters. The fourth-order valence-electron chi connectivity index (χ4n) is 1.93. The van der Waals surface area contributed by atoms with Crippen LogP contribution in [0.5, 0.6) is 5.75 Å². The van der Waals surface area contributed by atoms with Gasteiger partial charge in [0.1, 0.15) is 11.6 Å². The smallest absolute Gasteiger partial charge is 0.262 e. The summed E-state index contributed by atoms with van der Waals surface area (Å²) >= 11 is 6.02. The standard InChI is InChI=1S/C17H15ClFNO3/c1-10-3-6-16(14(18)7-10)20-17(22)9-23-12-4-5-13(11(2)21)15(19)8-12/h3-8H,9H2,1-2H3,(H,20,22). The Hall–Kier alpha value is -2.40. The third-order valence-corrected chi connectivity index (χ3v) is 3.40. The summed E-state index contributed by atoms with van der Waals surface area (Å²) in [4.78, 5) is 23.0. The summed E-state index contributed by atoms with van der Waals surface area (Å²) in [6.45, 7) is 2.86. The number of halogens is 2. The fraction of sp³-hybridized carbons (Fsp3) is 0.176. The van der Waals surface area contributed by atoms with E-state index in [-0.39, 0.29) is 23.7 Å². The lowest BCUT2D eigenvalue weighted by Crippen LogP contribution is -2.20. The number of ether oxygens (including phenoxy) is 1. The molecule has 23 heavy (non-hydrogen) atoms. The first-order valence-corrected chi connectivity index (χ1v) is 7.24. The van der Waals surface area contributed by atoms with Gasteiger partial charge in [-0.15, -0.1) is 0 Å². The van der Waals surface area contributed by atoms with Gasteiger partial charge < -0.3 is 10.1 Å². The van der Waals surface area contributed by atoms with Gasteiger partial charge in [-0.25, -0.2) is 4.39 Å². The predicted molar refractivity (Wildman–Crippen MR) is 86.7 cm³/mol. The minimum atomic E-state index is -0.683. The van der Waals surface area contributed by atoms with Crippen molar-refractivity contribution in [1.29, 1.82) is 0 Å². The van der Waals surface area contributed by atoms with Crippen molar-refractivity contribution in [2.75, 3.05) is 11.9 Å². The van der Waals surface area contributed by atoms with Crippen LogP contribution in [0.15, 0.2) is 36.4 Å². The topological polar surface area (TPSA) is 55.4 Å². The second-order valence-electron chi connectivity index (χ2n) is 5.02. The number of Topliss-reactive ketones (excluding diaryl/α,β-unsaturated/α-hetero) is 1. The number of amides is 1. The molecule has 120 valence electrons. The van der Waals surface area contributed by atoms with Gasteiger partial charge in [0.2, 0.25) is 0 Å². The minimum Gasteiger partial charge on any atom is -0.484 e. The number of hydrogen-bond acceptors (Lipinski definition) is 3. The fourth-order valence-corrected chi connectivity index (χ4v) is 2.21. The molecule has 0 aliphatic carbocycles. The van der Waals surface area contributed by atoms with Gasteiger partial charge in [-0.1, -0.05) is 17.7 Å². The normalized spacial score (nSPS) is 10.3. The molecule has 0 radical (unpaired) electrons. The molecule has 0 saturated heterocycles. The number of hydrogen-bond donors (Lipinski definition) is 1. The van der Waals surface area contributed by atoms with E-state index in [2.05, 4.69) is 5.32 Å². The summed E-state index contributed by atoms with van der Waals surface area (Å²) in [5.41, 5.74) is 1.43. The Balaban J connectivity index is 1.96. The second kappa shape index (κ2) is 7.24. The second-order valence-corrected chi connectivity index (χ2v) is 5.43. The molecule has 0 bridgehead atoms. The highest BCUT2D eigenvalue weighted by molar-refractivity contribution is 6.33.